The first-order valence-electron chi connectivity index (χ1n) is 5.09. The van der Waals surface area contributed by atoms with Gasteiger partial charge in [-0.2, -0.15) is 0 Å². The number of carbonyl (C=O) groups excluding carboxylic acids is 1. The predicted molar refractivity (Wildman–Crippen MR) is 63.7 cm³/mol. The third-order valence-corrected chi connectivity index (χ3v) is 2.34. The Morgan fingerprint density at radius 3 is 2.78 bits per heavy atom. The summed E-state index contributed by atoms with van der Waals surface area (Å²) in [6.45, 7) is 0. The van der Waals surface area contributed by atoms with Crippen molar-refractivity contribution in [3.63, 3.8) is 0 Å². The van der Waals surface area contributed by atoms with E-state index in [1.54, 1.807) is 25.3 Å². The molecule has 7 heteroatoms. The zero-order chi connectivity index (χ0) is 13.1. The lowest BCUT2D eigenvalue weighted by atomic mass is 10.2. The third kappa shape index (κ3) is 2.10. The molecule has 94 valence electrons. The van der Waals surface area contributed by atoms with Gasteiger partial charge in [0.1, 0.15) is 12.1 Å². The number of nitrogens with two attached hydrogens (primary N) is 1. The van der Waals surface area contributed by atoms with Gasteiger partial charge in [-0.05, 0) is 12.1 Å². The van der Waals surface area contributed by atoms with Crippen LogP contribution in [0.1, 0.15) is 10.6 Å². The predicted octanol–water partition coefficient (Wildman–Crippen LogP) is 0.645. The van der Waals surface area contributed by atoms with E-state index in [0.29, 0.717) is 17.1 Å². The van der Waals surface area contributed by atoms with Gasteiger partial charge in [-0.1, -0.05) is 0 Å². The van der Waals surface area contributed by atoms with Gasteiger partial charge in [0.2, 0.25) is 0 Å². The molecule has 0 fully saturated rings. The molecule has 2 N–H and O–H groups in total. The van der Waals surface area contributed by atoms with Gasteiger partial charge in [-0.25, -0.2) is 14.5 Å². The second kappa shape index (κ2) is 4.74. The van der Waals surface area contributed by atoms with Crippen LogP contribution in [0, 0.1) is 0 Å². The van der Waals surface area contributed by atoms with E-state index in [0.717, 1.165) is 0 Å². The Hall–Kier alpha value is -2.57. The first kappa shape index (κ1) is 11.9. The summed E-state index contributed by atoms with van der Waals surface area (Å²) in [6.07, 6.45) is 1.39. The van der Waals surface area contributed by atoms with Crippen molar-refractivity contribution in [1.82, 2.24) is 14.8 Å². The number of hydrogen-bond acceptors (Lipinski definition) is 6. The van der Waals surface area contributed by atoms with E-state index < -0.39 is 5.97 Å². The summed E-state index contributed by atoms with van der Waals surface area (Å²) in [5.74, 6) is 0.0260. The summed E-state index contributed by atoms with van der Waals surface area (Å²) in [5.41, 5.74) is 6.94. The van der Waals surface area contributed by atoms with Crippen molar-refractivity contribution in [2.75, 3.05) is 20.0 Å². The Morgan fingerprint density at radius 2 is 2.17 bits per heavy atom. The van der Waals surface area contributed by atoms with E-state index in [9.17, 15) is 4.79 Å². The van der Waals surface area contributed by atoms with Crippen molar-refractivity contribution < 1.29 is 14.3 Å². The normalized spacial score (nSPS) is 10.1. The average molecular weight is 248 g/mol. The molecule has 0 radical (unpaired) electrons. The number of benzene rings is 1. The average Bonchev–Trinajstić information content (AvgIpc) is 2.87. The molecule has 0 aliphatic rings. The molecule has 2 rings (SSSR count). The summed E-state index contributed by atoms with van der Waals surface area (Å²) in [7, 11) is 2.82. The molecule has 7 nitrogen and oxygen atoms in total. The van der Waals surface area contributed by atoms with Crippen LogP contribution in [0.15, 0.2) is 24.5 Å². The third-order valence-electron chi connectivity index (χ3n) is 2.34. The smallest absolute Gasteiger partial charge is 0.377 e. The van der Waals surface area contributed by atoms with Crippen LogP contribution in [0.4, 0.5) is 5.69 Å². The molecule has 0 spiro atoms. The lowest BCUT2D eigenvalue weighted by Crippen LogP contribution is -2.06. The van der Waals surface area contributed by atoms with Crippen LogP contribution in [0.3, 0.4) is 0 Å². The summed E-state index contributed by atoms with van der Waals surface area (Å²) >= 11 is 0. The first-order valence-corrected chi connectivity index (χ1v) is 5.09. The van der Waals surface area contributed by atoms with E-state index in [2.05, 4.69) is 14.8 Å². The Labute approximate surface area is 103 Å². The fourth-order valence-electron chi connectivity index (χ4n) is 1.43. The van der Waals surface area contributed by atoms with Crippen LogP contribution >= 0.6 is 0 Å². The highest BCUT2D eigenvalue weighted by atomic mass is 16.5. The topological polar surface area (TPSA) is 92.3 Å². The van der Waals surface area contributed by atoms with E-state index in [1.165, 1.54) is 18.1 Å². The quantitative estimate of drug-likeness (QED) is 0.633. The molecule has 0 aliphatic carbocycles. The van der Waals surface area contributed by atoms with Gasteiger partial charge < -0.3 is 15.2 Å². The van der Waals surface area contributed by atoms with Gasteiger partial charge in [0.15, 0.2) is 0 Å². The highest BCUT2D eigenvalue weighted by Crippen LogP contribution is 2.22. The summed E-state index contributed by atoms with van der Waals surface area (Å²) < 4.78 is 11.0. The van der Waals surface area contributed by atoms with Gasteiger partial charge in [-0.15, -0.1) is 5.10 Å². The van der Waals surface area contributed by atoms with Crippen LogP contribution < -0.4 is 10.5 Å². The molecule has 0 unspecified atom stereocenters. The number of hydrogen-bond donors (Lipinski definition) is 1. The number of methoxy groups -OCH3 is 2. The van der Waals surface area contributed by atoms with Crippen LogP contribution in [-0.2, 0) is 4.74 Å². The Kier molecular flexibility index (Phi) is 3.13. The highest BCUT2D eigenvalue weighted by molar-refractivity contribution is 5.84. The SMILES string of the molecule is COC(=O)c1ncn(-c2ccc(OC)cc2N)n1. The molecule has 1 aromatic carbocycles. The van der Waals surface area contributed by atoms with Crippen molar-refractivity contribution in [2.24, 2.45) is 0 Å². The minimum absolute atomic E-state index is 0.0206. The zero-order valence-electron chi connectivity index (χ0n) is 9.95. The van der Waals surface area contributed by atoms with Gasteiger partial charge in [0, 0.05) is 6.07 Å². The molecule has 0 atom stereocenters. The van der Waals surface area contributed by atoms with E-state index in [1.807, 2.05) is 0 Å². The number of carbonyl (C=O) groups is 1. The maximum atomic E-state index is 11.2. The molecule has 1 aromatic heterocycles. The van der Waals surface area contributed by atoms with E-state index in [-0.39, 0.29) is 5.82 Å². The van der Waals surface area contributed by atoms with E-state index >= 15 is 0 Å². The minimum Gasteiger partial charge on any atom is -0.497 e. The fourth-order valence-corrected chi connectivity index (χ4v) is 1.43. The minimum atomic E-state index is -0.596. The van der Waals surface area contributed by atoms with Gasteiger partial charge in [-0.3, -0.25) is 0 Å². The zero-order valence-corrected chi connectivity index (χ0v) is 9.95. The maximum absolute atomic E-state index is 11.2. The Bertz CT molecular complexity index is 579. The number of nitrogens with zero attached hydrogens (tertiary/aromatic N) is 3. The molecular weight excluding hydrogens is 236 g/mol. The van der Waals surface area contributed by atoms with Crippen molar-refractivity contribution in [2.45, 2.75) is 0 Å². The molecule has 2 aromatic rings. The van der Waals surface area contributed by atoms with Crippen molar-refractivity contribution in [3.8, 4) is 11.4 Å². The Balaban J connectivity index is 2.37. The molecule has 0 saturated carbocycles. The number of aromatic nitrogens is 3. The molecule has 0 amide bonds. The number of esters is 1. The molecule has 18 heavy (non-hydrogen) atoms. The second-order valence-electron chi connectivity index (χ2n) is 3.43. The van der Waals surface area contributed by atoms with Gasteiger partial charge >= 0.3 is 5.97 Å². The maximum Gasteiger partial charge on any atom is 0.377 e. The molecule has 1 heterocycles. The molecular formula is C11H12N4O3. The highest BCUT2D eigenvalue weighted by Gasteiger charge is 2.13. The summed E-state index contributed by atoms with van der Waals surface area (Å²) in [4.78, 5) is 15.1. The lowest BCUT2D eigenvalue weighted by Gasteiger charge is -2.06. The Morgan fingerprint density at radius 1 is 1.39 bits per heavy atom. The van der Waals surface area contributed by atoms with Crippen LogP contribution in [0.5, 0.6) is 5.75 Å². The fraction of sp³-hybridized carbons (Fsp3) is 0.182. The monoisotopic (exact) mass is 248 g/mol. The van der Waals surface area contributed by atoms with Crippen LogP contribution in [0.25, 0.3) is 5.69 Å². The second-order valence-corrected chi connectivity index (χ2v) is 3.43. The van der Waals surface area contributed by atoms with Crippen LogP contribution in [0.2, 0.25) is 0 Å². The largest absolute Gasteiger partial charge is 0.497 e. The van der Waals surface area contributed by atoms with Crippen LogP contribution in [-0.4, -0.2) is 35.0 Å². The number of ether oxygens (including phenoxy) is 2. The lowest BCUT2D eigenvalue weighted by molar-refractivity contribution is 0.0587. The van der Waals surface area contributed by atoms with Gasteiger partial charge in [0.05, 0.1) is 25.6 Å². The number of nitrogen functional groups attached to an aromatic ring is 1. The standard InChI is InChI=1S/C11H12N4O3/c1-17-7-3-4-9(8(12)5-7)15-6-13-10(14-15)11(16)18-2/h3-6H,12H2,1-2H3. The number of rotatable bonds is 3. The van der Waals surface area contributed by atoms with Gasteiger partial charge in [0.25, 0.3) is 5.82 Å². The molecule has 0 saturated heterocycles. The van der Waals surface area contributed by atoms with E-state index in [4.69, 9.17) is 10.5 Å². The van der Waals surface area contributed by atoms with Crippen molar-refractivity contribution in [1.29, 1.82) is 0 Å². The molecule has 0 aliphatic heterocycles. The summed E-state index contributed by atoms with van der Waals surface area (Å²) in [5, 5.41) is 3.98. The first-order chi connectivity index (χ1) is 8.65. The molecule has 0 bridgehead atoms. The van der Waals surface area contributed by atoms with Crippen molar-refractivity contribution in [3.05, 3.63) is 30.4 Å². The van der Waals surface area contributed by atoms with Crippen molar-refractivity contribution >= 4 is 11.7 Å². The number of anilines is 1. The summed E-state index contributed by atoms with van der Waals surface area (Å²) in [6, 6.07) is 5.13.